The fraction of sp³-hybridized carbons (Fsp3) is 0.500. The average molecular weight is 516 g/mol. The molecule has 5 atom stereocenters. The minimum atomic E-state index is -0.154. The highest BCUT2D eigenvalue weighted by Crippen LogP contribution is 2.61. The second kappa shape index (κ2) is 8.18. The quantitative estimate of drug-likeness (QED) is 0.322. The summed E-state index contributed by atoms with van der Waals surface area (Å²) < 4.78 is 11.7. The molecule has 0 amide bonds. The summed E-state index contributed by atoms with van der Waals surface area (Å²) in [6.45, 7) is 2.99. The van der Waals surface area contributed by atoms with Crippen molar-refractivity contribution in [2.45, 2.75) is 64.1 Å². The first-order valence-electron chi connectivity index (χ1n) is 11.2. The standard InChI is InChI=1S/C26H29IO3/c1-26-14-13-21-20-10-8-19(29-16-17-5-3-2-4-6-17)15-18(20)7-9-22(21)23(26)11-12-24(26)30-25(27)28/h2-6,8,10,15,21-24H,7,9,11-14,16H2,1H3/t21-,22-,23+,24-,26+/m1/s1. The van der Waals surface area contributed by atoms with Gasteiger partial charge in [0.05, 0.1) is 22.6 Å². The summed E-state index contributed by atoms with van der Waals surface area (Å²) in [7, 11) is 0. The van der Waals surface area contributed by atoms with Crippen LogP contribution in [0.15, 0.2) is 48.5 Å². The second-order valence-corrected chi connectivity index (χ2v) is 10.4. The van der Waals surface area contributed by atoms with Crippen molar-refractivity contribution in [3.8, 4) is 5.75 Å². The summed E-state index contributed by atoms with van der Waals surface area (Å²) in [5.74, 6) is 3.00. The topological polar surface area (TPSA) is 35.5 Å². The van der Waals surface area contributed by atoms with Crippen molar-refractivity contribution < 1.29 is 14.3 Å². The zero-order valence-electron chi connectivity index (χ0n) is 17.5. The first kappa shape index (κ1) is 20.3. The van der Waals surface area contributed by atoms with Gasteiger partial charge in [0, 0.05) is 5.41 Å². The van der Waals surface area contributed by atoms with Crippen molar-refractivity contribution >= 4 is 26.6 Å². The average Bonchev–Trinajstić information content (AvgIpc) is 3.08. The molecule has 2 aromatic rings. The van der Waals surface area contributed by atoms with Crippen LogP contribution in [0.3, 0.4) is 0 Å². The molecule has 158 valence electrons. The number of ether oxygens (including phenoxy) is 2. The van der Waals surface area contributed by atoms with E-state index in [4.69, 9.17) is 9.47 Å². The Morgan fingerprint density at radius 1 is 1.10 bits per heavy atom. The van der Waals surface area contributed by atoms with Crippen LogP contribution in [-0.2, 0) is 17.8 Å². The fourth-order valence-electron chi connectivity index (χ4n) is 6.65. The first-order valence-corrected chi connectivity index (χ1v) is 12.3. The Morgan fingerprint density at radius 3 is 2.73 bits per heavy atom. The molecule has 0 aromatic heterocycles. The molecule has 2 saturated carbocycles. The molecule has 0 saturated heterocycles. The van der Waals surface area contributed by atoms with Crippen LogP contribution >= 0.6 is 22.6 Å². The minimum absolute atomic E-state index is 0.100. The van der Waals surface area contributed by atoms with Crippen molar-refractivity contribution in [1.82, 2.24) is 0 Å². The molecule has 5 rings (SSSR count). The van der Waals surface area contributed by atoms with Crippen LogP contribution in [0.25, 0.3) is 0 Å². The zero-order valence-corrected chi connectivity index (χ0v) is 19.6. The Morgan fingerprint density at radius 2 is 1.93 bits per heavy atom. The maximum atomic E-state index is 11.6. The molecular formula is C26H29IO3. The largest absolute Gasteiger partial charge is 0.489 e. The van der Waals surface area contributed by atoms with Crippen molar-refractivity contribution in [2.24, 2.45) is 17.3 Å². The molecule has 2 aromatic carbocycles. The van der Waals surface area contributed by atoms with Crippen LogP contribution in [0.2, 0.25) is 0 Å². The van der Waals surface area contributed by atoms with Gasteiger partial charge < -0.3 is 9.47 Å². The van der Waals surface area contributed by atoms with Crippen molar-refractivity contribution in [1.29, 1.82) is 0 Å². The Kier molecular flexibility index (Phi) is 5.55. The van der Waals surface area contributed by atoms with Crippen LogP contribution in [0.5, 0.6) is 5.75 Å². The van der Waals surface area contributed by atoms with E-state index in [2.05, 4.69) is 49.4 Å². The highest BCUT2D eigenvalue weighted by Gasteiger charge is 2.56. The van der Waals surface area contributed by atoms with E-state index in [-0.39, 0.29) is 15.5 Å². The summed E-state index contributed by atoms with van der Waals surface area (Å²) in [5.41, 5.74) is 4.36. The molecule has 4 heteroatoms. The lowest BCUT2D eigenvalue weighted by atomic mass is 9.55. The molecule has 2 fully saturated rings. The molecule has 0 unspecified atom stereocenters. The third kappa shape index (κ3) is 3.65. The van der Waals surface area contributed by atoms with Gasteiger partial charge in [-0.2, -0.15) is 0 Å². The summed E-state index contributed by atoms with van der Waals surface area (Å²) in [4.78, 5) is 11.6. The van der Waals surface area contributed by atoms with Crippen molar-refractivity contribution in [3.63, 3.8) is 0 Å². The van der Waals surface area contributed by atoms with Gasteiger partial charge in [-0.15, -0.1) is 0 Å². The Bertz CT molecular complexity index is 927. The SMILES string of the molecule is C[C@]12CC[C@@H]3c4ccc(OCc5ccccc5)cc4CC[C@H]3[C@@H]1CC[C@H]2OC(=O)I. The van der Waals surface area contributed by atoms with Crippen LogP contribution < -0.4 is 4.74 Å². The number of hydrogen-bond acceptors (Lipinski definition) is 3. The fourth-order valence-corrected chi connectivity index (χ4v) is 6.95. The van der Waals surface area contributed by atoms with Gasteiger partial charge in [-0.3, -0.25) is 0 Å². The smallest absolute Gasteiger partial charge is 0.367 e. The van der Waals surface area contributed by atoms with Gasteiger partial charge in [0.2, 0.25) is 0 Å². The summed E-state index contributed by atoms with van der Waals surface area (Å²) >= 11 is 1.78. The lowest BCUT2D eigenvalue weighted by Crippen LogP contribution is -2.44. The highest BCUT2D eigenvalue weighted by atomic mass is 127. The molecule has 0 N–H and O–H groups in total. The molecular weight excluding hydrogens is 487 g/mol. The number of benzene rings is 2. The van der Waals surface area contributed by atoms with Gasteiger partial charge in [0.25, 0.3) is 0 Å². The predicted molar refractivity (Wildman–Crippen MR) is 126 cm³/mol. The van der Waals surface area contributed by atoms with Crippen LogP contribution in [-0.4, -0.2) is 10.1 Å². The van der Waals surface area contributed by atoms with E-state index in [9.17, 15) is 4.79 Å². The van der Waals surface area contributed by atoms with Crippen LogP contribution in [0, 0.1) is 17.3 Å². The van der Waals surface area contributed by atoms with Gasteiger partial charge >= 0.3 is 3.98 Å². The number of hydrogen-bond donors (Lipinski definition) is 0. The Labute approximate surface area is 192 Å². The van der Waals surface area contributed by atoms with Crippen molar-refractivity contribution in [2.75, 3.05) is 0 Å². The molecule has 0 spiro atoms. The third-order valence-electron chi connectivity index (χ3n) is 8.09. The van der Waals surface area contributed by atoms with Gasteiger partial charge in [0.1, 0.15) is 18.5 Å². The van der Waals surface area contributed by atoms with Crippen LogP contribution in [0.4, 0.5) is 4.79 Å². The predicted octanol–water partition coefficient (Wildman–Crippen LogP) is 7.06. The Balaban J connectivity index is 1.32. The van der Waals surface area contributed by atoms with E-state index in [0.29, 0.717) is 24.4 Å². The number of carbonyl (C=O) groups excluding carboxylic acids is 1. The number of aryl methyl sites for hydroxylation is 1. The molecule has 0 bridgehead atoms. The Hall–Kier alpha value is -1.56. The van der Waals surface area contributed by atoms with E-state index in [1.54, 1.807) is 22.6 Å². The van der Waals surface area contributed by atoms with E-state index >= 15 is 0 Å². The van der Waals surface area contributed by atoms with Crippen molar-refractivity contribution in [3.05, 3.63) is 65.2 Å². The number of carbonyl (C=O) groups is 1. The van der Waals surface area contributed by atoms with Gasteiger partial charge in [-0.1, -0.05) is 43.3 Å². The second-order valence-electron chi connectivity index (χ2n) is 9.52. The molecule has 3 aliphatic rings. The number of rotatable bonds is 4. The van der Waals surface area contributed by atoms with Gasteiger partial charge in [0.15, 0.2) is 0 Å². The maximum Gasteiger partial charge on any atom is 0.367 e. The number of halogens is 1. The monoisotopic (exact) mass is 516 g/mol. The van der Waals surface area contributed by atoms with Gasteiger partial charge in [-0.05, 0) is 85.1 Å². The molecule has 0 heterocycles. The molecule has 30 heavy (non-hydrogen) atoms. The number of fused-ring (bicyclic) bond motifs is 5. The van der Waals surface area contributed by atoms with E-state index in [0.717, 1.165) is 25.0 Å². The lowest BCUT2D eigenvalue weighted by molar-refractivity contribution is -0.0236. The minimum Gasteiger partial charge on any atom is -0.489 e. The first-order chi connectivity index (χ1) is 14.5. The maximum absolute atomic E-state index is 11.6. The van der Waals surface area contributed by atoms with E-state index in [1.807, 2.05) is 6.07 Å². The summed E-state index contributed by atoms with van der Waals surface area (Å²) in [5, 5.41) is 0. The summed E-state index contributed by atoms with van der Waals surface area (Å²) in [6, 6.07) is 17.1. The molecule has 0 radical (unpaired) electrons. The highest BCUT2D eigenvalue weighted by molar-refractivity contribution is 14.1. The lowest BCUT2D eigenvalue weighted by Gasteiger charge is -2.50. The third-order valence-corrected chi connectivity index (χ3v) is 8.35. The van der Waals surface area contributed by atoms with Crippen LogP contribution in [0.1, 0.15) is 61.6 Å². The molecule has 3 aliphatic carbocycles. The van der Waals surface area contributed by atoms with E-state index < -0.39 is 0 Å². The van der Waals surface area contributed by atoms with Gasteiger partial charge in [-0.25, -0.2) is 4.79 Å². The van der Waals surface area contributed by atoms with E-state index in [1.165, 1.54) is 36.0 Å². The summed E-state index contributed by atoms with van der Waals surface area (Å²) in [6.07, 6.45) is 7.04. The molecule has 0 aliphatic heterocycles. The zero-order chi connectivity index (χ0) is 20.7. The normalized spacial score (nSPS) is 31.9. The molecule has 3 nitrogen and oxygen atoms in total.